The van der Waals surface area contributed by atoms with Gasteiger partial charge in [-0.05, 0) is 18.6 Å². The van der Waals surface area contributed by atoms with E-state index < -0.39 is 0 Å². The number of amides is 1. The Balaban J connectivity index is 1.47. The van der Waals surface area contributed by atoms with E-state index in [2.05, 4.69) is 25.5 Å². The summed E-state index contributed by atoms with van der Waals surface area (Å²) in [5, 5.41) is 15.3. The number of anilines is 1. The summed E-state index contributed by atoms with van der Waals surface area (Å²) in [6, 6.07) is 5.03. The lowest BCUT2D eigenvalue weighted by atomic mass is 10.2. The summed E-state index contributed by atoms with van der Waals surface area (Å²) in [5.74, 6) is 0.806. The maximum Gasteiger partial charge on any atom is 0.256 e. The van der Waals surface area contributed by atoms with Crippen LogP contribution in [0.5, 0.6) is 5.75 Å². The van der Waals surface area contributed by atoms with Crippen molar-refractivity contribution in [1.82, 2.24) is 29.7 Å². The second kappa shape index (κ2) is 6.71. The molecule has 1 amide bonds. The van der Waals surface area contributed by atoms with Gasteiger partial charge in [0.1, 0.15) is 17.9 Å². The molecule has 10 heteroatoms. The highest BCUT2D eigenvalue weighted by Crippen LogP contribution is 2.20. The van der Waals surface area contributed by atoms with Crippen LogP contribution >= 0.6 is 0 Å². The summed E-state index contributed by atoms with van der Waals surface area (Å²) < 4.78 is 8.16. The largest absolute Gasteiger partial charge is 0.496 e. The van der Waals surface area contributed by atoms with Gasteiger partial charge in [-0.3, -0.25) is 9.59 Å². The van der Waals surface area contributed by atoms with Crippen LogP contribution in [0.3, 0.4) is 0 Å². The van der Waals surface area contributed by atoms with Gasteiger partial charge >= 0.3 is 0 Å². The number of carbonyl (C=O) groups excluding carboxylic acids is 1. The normalized spacial score (nSPS) is 16.7. The number of rotatable bonds is 4. The molecule has 1 fully saturated rings. The molecule has 1 atom stereocenters. The Kier molecular flexibility index (Phi) is 4.22. The van der Waals surface area contributed by atoms with Crippen molar-refractivity contribution in [3.8, 4) is 5.75 Å². The number of carbonyl (C=O) groups is 1. The fraction of sp³-hybridized carbons (Fsp3) is 0.353. The fourth-order valence-corrected chi connectivity index (χ4v) is 3.19. The molecule has 0 aliphatic carbocycles. The number of nitrogens with zero attached hydrogens (tertiary/aromatic N) is 6. The molecular weight excluding hydrogens is 350 g/mol. The summed E-state index contributed by atoms with van der Waals surface area (Å²) in [7, 11) is 3.04. The summed E-state index contributed by atoms with van der Waals surface area (Å²) in [6.07, 6.45) is 3.84. The lowest BCUT2D eigenvalue weighted by Crippen LogP contribution is -2.38. The van der Waals surface area contributed by atoms with Crippen LogP contribution < -0.4 is 20.5 Å². The minimum atomic E-state index is -0.267. The van der Waals surface area contributed by atoms with Crippen LogP contribution in [0.25, 0.3) is 5.65 Å². The Hall–Kier alpha value is -3.43. The van der Waals surface area contributed by atoms with E-state index in [1.54, 1.807) is 17.9 Å². The molecule has 3 aromatic rings. The molecule has 1 aliphatic heterocycles. The third kappa shape index (κ3) is 3.21. The first kappa shape index (κ1) is 17.0. The zero-order chi connectivity index (χ0) is 19.0. The van der Waals surface area contributed by atoms with Gasteiger partial charge < -0.3 is 19.5 Å². The Morgan fingerprint density at radius 2 is 2.22 bits per heavy atom. The smallest absolute Gasteiger partial charge is 0.256 e. The number of ether oxygens (including phenoxy) is 1. The van der Waals surface area contributed by atoms with Gasteiger partial charge in [0, 0.05) is 38.4 Å². The number of hydrogen-bond donors (Lipinski definition) is 1. The highest BCUT2D eigenvalue weighted by molar-refractivity contribution is 5.96. The standard InChI is InChI=1S/C17H19N7O3/c1-22-9-12(13(27-2)7-16(22)25)17(26)19-11-5-6-23(8-11)15-4-3-14-20-18-10-24(14)21-15/h3-4,7,9-11H,5-6,8H2,1-2H3,(H,19,26)/t11-/m1/s1. The molecule has 1 saturated heterocycles. The SMILES string of the molecule is COc1cc(=O)n(C)cc1C(=O)N[C@@H]1CCN(c2ccc3nncn3n2)C1. The van der Waals surface area contributed by atoms with Gasteiger partial charge in [-0.25, -0.2) is 0 Å². The number of aryl methyl sites for hydroxylation is 1. The summed E-state index contributed by atoms with van der Waals surface area (Å²) >= 11 is 0. The first-order chi connectivity index (χ1) is 13.0. The number of methoxy groups -OCH3 is 1. The molecule has 1 N–H and O–H groups in total. The van der Waals surface area contributed by atoms with E-state index in [9.17, 15) is 9.59 Å². The number of fused-ring (bicyclic) bond motifs is 1. The average Bonchev–Trinajstić information content (AvgIpc) is 3.32. The van der Waals surface area contributed by atoms with E-state index >= 15 is 0 Å². The van der Waals surface area contributed by atoms with E-state index in [4.69, 9.17) is 4.74 Å². The molecule has 0 spiro atoms. The highest BCUT2D eigenvalue weighted by Gasteiger charge is 2.26. The van der Waals surface area contributed by atoms with E-state index in [0.717, 1.165) is 18.8 Å². The molecule has 4 heterocycles. The zero-order valence-electron chi connectivity index (χ0n) is 15.0. The Labute approximate surface area is 154 Å². The maximum atomic E-state index is 12.7. The van der Waals surface area contributed by atoms with E-state index in [1.807, 2.05) is 12.1 Å². The molecule has 0 unspecified atom stereocenters. The van der Waals surface area contributed by atoms with Gasteiger partial charge in [0.15, 0.2) is 5.65 Å². The number of nitrogens with one attached hydrogen (secondary N) is 1. The van der Waals surface area contributed by atoms with Crippen molar-refractivity contribution in [3.05, 3.63) is 46.6 Å². The third-order valence-corrected chi connectivity index (χ3v) is 4.65. The van der Waals surface area contributed by atoms with Crippen molar-refractivity contribution >= 4 is 17.4 Å². The Bertz CT molecular complexity index is 1060. The molecule has 1 aliphatic rings. The van der Waals surface area contributed by atoms with Crippen molar-refractivity contribution in [2.75, 3.05) is 25.1 Å². The Morgan fingerprint density at radius 1 is 1.37 bits per heavy atom. The van der Waals surface area contributed by atoms with Gasteiger partial charge in [-0.1, -0.05) is 0 Å². The van der Waals surface area contributed by atoms with E-state index in [-0.39, 0.29) is 23.3 Å². The molecule has 0 aromatic carbocycles. The summed E-state index contributed by atoms with van der Waals surface area (Å²) in [5.41, 5.74) is 0.789. The number of aromatic nitrogens is 5. The summed E-state index contributed by atoms with van der Waals surface area (Å²) in [6.45, 7) is 1.41. The summed E-state index contributed by atoms with van der Waals surface area (Å²) in [4.78, 5) is 26.5. The second-order valence-corrected chi connectivity index (χ2v) is 6.43. The first-order valence-electron chi connectivity index (χ1n) is 8.52. The van der Waals surface area contributed by atoms with Gasteiger partial charge in [0.2, 0.25) is 0 Å². The lowest BCUT2D eigenvalue weighted by molar-refractivity contribution is 0.0936. The average molecular weight is 369 g/mol. The van der Waals surface area contributed by atoms with Crippen molar-refractivity contribution in [2.45, 2.75) is 12.5 Å². The van der Waals surface area contributed by atoms with Gasteiger partial charge in [-0.2, -0.15) is 4.52 Å². The molecule has 10 nitrogen and oxygen atoms in total. The monoisotopic (exact) mass is 369 g/mol. The maximum absolute atomic E-state index is 12.7. The quantitative estimate of drug-likeness (QED) is 0.681. The molecule has 3 aromatic heterocycles. The van der Waals surface area contributed by atoms with E-state index in [1.165, 1.54) is 23.9 Å². The molecule has 4 rings (SSSR count). The molecular formula is C17H19N7O3. The molecule has 140 valence electrons. The predicted molar refractivity (Wildman–Crippen MR) is 97.1 cm³/mol. The lowest BCUT2D eigenvalue weighted by Gasteiger charge is -2.18. The van der Waals surface area contributed by atoms with Crippen molar-refractivity contribution in [1.29, 1.82) is 0 Å². The molecule has 0 bridgehead atoms. The van der Waals surface area contributed by atoms with Crippen LogP contribution in [-0.2, 0) is 7.05 Å². The van der Waals surface area contributed by atoms with Crippen LogP contribution in [0, 0.1) is 0 Å². The minimum absolute atomic E-state index is 0.0298. The molecule has 0 saturated carbocycles. The van der Waals surface area contributed by atoms with Crippen LogP contribution in [0.15, 0.2) is 35.5 Å². The van der Waals surface area contributed by atoms with Crippen molar-refractivity contribution in [2.24, 2.45) is 7.05 Å². The number of hydrogen-bond acceptors (Lipinski definition) is 7. The fourth-order valence-electron chi connectivity index (χ4n) is 3.19. The molecule has 0 radical (unpaired) electrons. The topological polar surface area (TPSA) is 107 Å². The molecule has 27 heavy (non-hydrogen) atoms. The first-order valence-corrected chi connectivity index (χ1v) is 8.52. The van der Waals surface area contributed by atoms with Crippen molar-refractivity contribution in [3.63, 3.8) is 0 Å². The zero-order valence-corrected chi connectivity index (χ0v) is 15.0. The Morgan fingerprint density at radius 3 is 3.04 bits per heavy atom. The van der Waals surface area contributed by atoms with Crippen LogP contribution in [-0.4, -0.2) is 56.5 Å². The third-order valence-electron chi connectivity index (χ3n) is 4.65. The number of pyridine rings is 1. The predicted octanol–water partition coefficient (Wildman–Crippen LogP) is -0.160. The highest BCUT2D eigenvalue weighted by atomic mass is 16.5. The van der Waals surface area contributed by atoms with E-state index in [0.29, 0.717) is 17.8 Å². The van der Waals surface area contributed by atoms with Crippen LogP contribution in [0.4, 0.5) is 5.82 Å². The van der Waals surface area contributed by atoms with Gasteiger partial charge in [0.05, 0.1) is 12.7 Å². The minimum Gasteiger partial charge on any atom is -0.496 e. The second-order valence-electron chi connectivity index (χ2n) is 6.43. The van der Waals surface area contributed by atoms with Gasteiger partial charge in [0.25, 0.3) is 11.5 Å². The van der Waals surface area contributed by atoms with Gasteiger partial charge in [-0.15, -0.1) is 15.3 Å². The van der Waals surface area contributed by atoms with Crippen LogP contribution in [0.1, 0.15) is 16.8 Å². The van der Waals surface area contributed by atoms with Crippen molar-refractivity contribution < 1.29 is 9.53 Å². The van der Waals surface area contributed by atoms with Crippen LogP contribution in [0.2, 0.25) is 0 Å².